The van der Waals surface area contributed by atoms with Crippen molar-refractivity contribution in [3.8, 4) is 50.7 Å². The minimum atomic E-state index is -1.92. The highest BCUT2D eigenvalue weighted by atomic mass is 32.1. The molecule has 0 saturated heterocycles. The maximum Gasteiger partial charge on any atom is 0.204 e. The van der Waals surface area contributed by atoms with E-state index in [1.807, 2.05) is 51.1 Å². The second kappa shape index (κ2) is 20.7. The van der Waals surface area contributed by atoms with Crippen LogP contribution in [0.15, 0.2) is 200 Å². The van der Waals surface area contributed by atoms with Gasteiger partial charge in [0.2, 0.25) is 5.69 Å². The zero-order valence-electron chi connectivity index (χ0n) is 53.7. The van der Waals surface area contributed by atoms with Crippen LogP contribution in [0.1, 0.15) is 109 Å². The molecule has 0 spiro atoms. The van der Waals surface area contributed by atoms with Gasteiger partial charge in [0.1, 0.15) is 24.0 Å². The third kappa shape index (κ3) is 10.2. The first-order valence-electron chi connectivity index (χ1n) is 31.0. The summed E-state index contributed by atoms with van der Waals surface area (Å²) in [5.74, 6) is 1.68. The van der Waals surface area contributed by atoms with Gasteiger partial charge in [0.15, 0.2) is 0 Å². The molecule has 0 amide bonds. The standard InChI is InChI=1S/C78H73N5OS/c1-75(2,3)46-52-40-70(80-47-64(52)51-38-53(76(4,5)6)41-54(39-51)77(7,8)9)83-68-37-36-60-59-30-23-31-65(79-13)73(59)85-74(60)71(68)61-35-34-58(45-69(61)83)84-57-29-22-28-56(44-57)81-48-82(67-33-21-20-32-66(67)81)72-62(49-24-16-14-17-25-49)42-55(78(10,11)12)43-63(72)50-26-18-15-19-27-50/h14-45,47H,46,48H2,1-12H3/i46D2,47D. The Labute approximate surface area is 509 Å². The molecule has 0 unspecified atom stereocenters. The summed E-state index contributed by atoms with van der Waals surface area (Å²) in [5.41, 5.74) is 14.9. The lowest BCUT2D eigenvalue weighted by atomic mass is 9.78. The minimum absolute atomic E-state index is 0.00745. The predicted molar refractivity (Wildman–Crippen MR) is 362 cm³/mol. The largest absolute Gasteiger partial charge is 0.457 e. The fraction of sp³-hybridized carbons (Fsp3) is 0.231. The average Bonchev–Trinajstić information content (AvgIpc) is 1.62. The number of para-hydroxylation sites is 2. The Balaban J connectivity index is 0.968. The number of nitrogens with zero attached hydrogens (tertiary/aromatic N) is 5. The zero-order chi connectivity index (χ0) is 62.0. The van der Waals surface area contributed by atoms with E-state index in [2.05, 4.69) is 245 Å². The molecule has 13 rings (SSSR count). The van der Waals surface area contributed by atoms with E-state index in [1.165, 1.54) is 16.7 Å². The molecule has 1 aliphatic rings. The van der Waals surface area contributed by atoms with Gasteiger partial charge in [-0.1, -0.05) is 204 Å². The Kier molecular flexibility index (Phi) is 12.6. The Morgan fingerprint density at radius 3 is 1.73 bits per heavy atom. The van der Waals surface area contributed by atoms with E-state index in [1.54, 1.807) is 11.3 Å². The van der Waals surface area contributed by atoms with Crippen molar-refractivity contribution in [3.05, 3.63) is 234 Å². The molecule has 9 aromatic carbocycles. The number of rotatable bonds is 9. The van der Waals surface area contributed by atoms with Crippen molar-refractivity contribution >= 4 is 81.8 Å². The fourth-order valence-electron chi connectivity index (χ4n) is 12.1. The van der Waals surface area contributed by atoms with Gasteiger partial charge in [-0.25, -0.2) is 9.83 Å². The normalized spacial score (nSPS) is 13.8. The van der Waals surface area contributed by atoms with Crippen LogP contribution in [0.2, 0.25) is 0 Å². The summed E-state index contributed by atoms with van der Waals surface area (Å²) >= 11 is 1.62. The number of pyridine rings is 1. The van der Waals surface area contributed by atoms with Gasteiger partial charge >= 0.3 is 0 Å². The number of thiophene rings is 1. The Hall–Kier alpha value is -8.96. The number of benzene rings is 9. The number of hydrogen-bond donors (Lipinski definition) is 0. The average molecular weight is 1130 g/mol. The first-order chi connectivity index (χ1) is 41.8. The summed E-state index contributed by atoms with van der Waals surface area (Å²) in [4.78, 5) is 14.0. The Morgan fingerprint density at radius 2 is 1.11 bits per heavy atom. The number of fused-ring (bicyclic) bond motifs is 8. The first-order valence-corrected chi connectivity index (χ1v) is 30.3. The summed E-state index contributed by atoms with van der Waals surface area (Å²) in [7, 11) is 0. The summed E-state index contributed by atoms with van der Waals surface area (Å²) in [6.07, 6.45) is -1.92. The molecule has 12 aromatic rings. The van der Waals surface area contributed by atoms with Gasteiger partial charge in [-0.3, -0.25) is 4.57 Å². The van der Waals surface area contributed by atoms with E-state index in [0.29, 0.717) is 40.8 Å². The molecule has 3 aromatic heterocycles. The highest BCUT2D eigenvalue weighted by Gasteiger charge is 2.33. The van der Waals surface area contributed by atoms with Crippen molar-refractivity contribution in [2.75, 3.05) is 16.5 Å². The van der Waals surface area contributed by atoms with Crippen molar-refractivity contribution < 1.29 is 8.85 Å². The number of hydrogen-bond acceptors (Lipinski definition) is 5. The van der Waals surface area contributed by atoms with Gasteiger partial charge in [-0.2, -0.15) is 0 Å². The molecule has 0 bridgehead atoms. The molecule has 6 nitrogen and oxygen atoms in total. The number of anilines is 4. The van der Waals surface area contributed by atoms with Crippen LogP contribution in [0.25, 0.3) is 86.0 Å². The highest BCUT2D eigenvalue weighted by molar-refractivity contribution is 7.27. The molecule has 0 radical (unpaired) electrons. The van der Waals surface area contributed by atoms with Gasteiger partial charge < -0.3 is 14.5 Å². The van der Waals surface area contributed by atoms with Crippen LogP contribution in [-0.4, -0.2) is 16.2 Å². The number of ether oxygens (including phenoxy) is 1. The van der Waals surface area contributed by atoms with E-state index < -0.39 is 11.8 Å². The Bertz CT molecular complexity index is 4700. The summed E-state index contributed by atoms with van der Waals surface area (Å²) in [5, 5.41) is 4.00. The van der Waals surface area contributed by atoms with Crippen molar-refractivity contribution in [1.29, 1.82) is 0 Å². The van der Waals surface area contributed by atoms with Crippen LogP contribution in [0, 0.1) is 12.0 Å². The van der Waals surface area contributed by atoms with Crippen LogP contribution in [-0.2, 0) is 22.6 Å². The smallest absolute Gasteiger partial charge is 0.204 e. The molecule has 7 heteroatoms. The monoisotopic (exact) mass is 1130 g/mol. The Morgan fingerprint density at radius 1 is 0.529 bits per heavy atom. The SMILES string of the molecule is [2H]c1nc(-n2c3cc(Oc4cccc(N5CN(c6c(-c7ccccc7)cc(C(C)(C)C)cc6-c6ccccc6)c6ccccc65)c4)ccc3c3c4sc5c([N+]#[C-])cccc5c4ccc32)cc(C([2H])([2H])C(C)(C)C)c1-c1cc(C(C)(C)C)cc(C(C)(C)C)c1. The summed E-state index contributed by atoms with van der Waals surface area (Å²) < 4.78 is 41.3. The van der Waals surface area contributed by atoms with E-state index in [4.69, 9.17) is 16.3 Å². The van der Waals surface area contributed by atoms with Crippen molar-refractivity contribution in [2.24, 2.45) is 5.41 Å². The molecule has 0 aliphatic carbocycles. The molecule has 0 fully saturated rings. The van der Waals surface area contributed by atoms with Gasteiger partial charge in [-0.15, -0.1) is 11.3 Å². The molecular formula is C78H73N5OS. The number of aromatic nitrogens is 2. The van der Waals surface area contributed by atoms with E-state index in [9.17, 15) is 4.11 Å². The molecule has 0 N–H and O–H groups in total. The van der Waals surface area contributed by atoms with Gasteiger partial charge in [0.25, 0.3) is 0 Å². The quantitative estimate of drug-likeness (QED) is 0.135. The van der Waals surface area contributed by atoms with Crippen LogP contribution < -0.4 is 14.5 Å². The van der Waals surface area contributed by atoms with E-state index >= 15 is 0 Å². The fourth-order valence-corrected chi connectivity index (χ4v) is 13.4. The van der Waals surface area contributed by atoms with Crippen molar-refractivity contribution in [1.82, 2.24) is 9.55 Å². The molecule has 85 heavy (non-hydrogen) atoms. The molecule has 422 valence electrons. The van der Waals surface area contributed by atoms with Crippen LogP contribution in [0.4, 0.5) is 28.4 Å². The third-order valence-corrected chi connectivity index (χ3v) is 17.8. The molecule has 0 atom stereocenters. The minimum Gasteiger partial charge on any atom is -0.457 e. The second-order valence-corrected chi connectivity index (χ2v) is 27.9. The molecular weight excluding hydrogens is 1050 g/mol. The lowest BCUT2D eigenvalue weighted by Gasteiger charge is -2.30. The molecule has 4 heterocycles. The lowest BCUT2D eigenvalue weighted by molar-refractivity contribution is 0.411. The topological polar surface area (TPSA) is 37.9 Å². The highest BCUT2D eigenvalue weighted by Crippen LogP contribution is 2.53. The van der Waals surface area contributed by atoms with E-state index in [0.717, 1.165) is 92.5 Å². The zero-order valence-corrected chi connectivity index (χ0v) is 51.6. The summed E-state index contributed by atoms with van der Waals surface area (Å²) in [6, 6.07) is 68.0. The van der Waals surface area contributed by atoms with Crippen molar-refractivity contribution in [2.45, 2.75) is 106 Å². The van der Waals surface area contributed by atoms with Crippen molar-refractivity contribution in [3.63, 3.8) is 0 Å². The van der Waals surface area contributed by atoms with Crippen LogP contribution >= 0.6 is 11.3 Å². The van der Waals surface area contributed by atoms with Gasteiger partial charge in [0.05, 0.1) is 36.0 Å². The lowest BCUT2D eigenvalue weighted by Crippen LogP contribution is -2.25. The third-order valence-electron chi connectivity index (χ3n) is 16.5. The molecule has 0 saturated carbocycles. The maximum absolute atomic E-state index is 10.1. The van der Waals surface area contributed by atoms with Crippen LogP contribution in [0.5, 0.6) is 11.5 Å². The van der Waals surface area contributed by atoms with E-state index in [-0.39, 0.29) is 22.4 Å². The molecule has 1 aliphatic heterocycles. The predicted octanol–water partition coefficient (Wildman–Crippen LogP) is 22.6. The second-order valence-electron chi connectivity index (χ2n) is 26.9. The van der Waals surface area contributed by atoms with Gasteiger partial charge in [0, 0.05) is 63.6 Å². The van der Waals surface area contributed by atoms with Crippen LogP contribution in [0.3, 0.4) is 0 Å². The summed E-state index contributed by atoms with van der Waals surface area (Å²) in [6.45, 7) is 34.5. The first kappa shape index (κ1) is 51.7. The van der Waals surface area contributed by atoms with Gasteiger partial charge in [-0.05, 0) is 138 Å². The maximum atomic E-state index is 10.1.